The van der Waals surface area contributed by atoms with E-state index in [0.29, 0.717) is 31.8 Å². The first kappa shape index (κ1) is 39.4. The van der Waals surface area contributed by atoms with Crippen molar-refractivity contribution in [3.05, 3.63) is 81.4 Å². The van der Waals surface area contributed by atoms with Gasteiger partial charge in [-0.05, 0) is 116 Å². The lowest BCUT2D eigenvalue weighted by molar-refractivity contribution is -0.757. The predicted octanol–water partition coefficient (Wildman–Crippen LogP) is 9.33. The summed E-state index contributed by atoms with van der Waals surface area (Å²) in [5.74, 6) is 0.491. The Labute approximate surface area is 326 Å². The van der Waals surface area contributed by atoms with Crippen LogP contribution in [-0.4, -0.2) is 40.2 Å². The summed E-state index contributed by atoms with van der Waals surface area (Å²) in [6.07, 6.45) is 16.7. The van der Waals surface area contributed by atoms with Crippen LogP contribution in [0.5, 0.6) is 0 Å². The van der Waals surface area contributed by atoms with Crippen LogP contribution in [-0.2, 0) is 42.3 Å². The molecule has 3 saturated carbocycles. The molecule has 7 rings (SSSR count). The predicted molar refractivity (Wildman–Crippen MR) is 208 cm³/mol. The highest BCUT2D eigenvalue weighted by atomic mass is 16.9. The van der Waals surface area contributed by atoms with E-state index in [0.717, 1.165) is 74.7 Å². The molecule has 0 spiro atoms. The Morgan fingerprint density at radius 3 is 2.40 bits per heavy atom. The first-order chi connectivity index (χ1) is 26.1. The molecular weight excluding hydrogens is 695 g/mol. The van der Waals surface area contributed by atoms with E-state index in [1.54, 1.807) is 12.4 Å². The monoisotopic (exact) mass is 755 g/mol. The van der Waals surface area contributed by atoms with Gasteiger partial charge in [0.15, 0.2) is 0 Å². The van der Waals surface area contributed by atoms with E-state index in [-0.39, 0.29) is 65.1 Å². The van der Waals surface area contributed by atoms with E-state index in [2.05, 4.69) is 52.5 Å². The fraction of sp³-hybridized carbons (Fsp3) is 0.689. The molecule has 0 unspecified atom stereocenters. The molecule has 5 aliphatic carbocycles. The van der Waals surface area contributed by atoms with Gasteiger partial charge in [-0.2, -0.15) is 0 Å². The number of carbonyl (C=O) groups is 2. The molecule has 8 atom stereocenters. The molecule has 0 N–H and O–H groups in total. The Balaban J connectivity index is 1.15. The van der Waals surface area contributed by atoms with Crippen molar-refractivity contribution in [2.24, 2.45) is 44.8 Å². The lowest BCUT2D eigenvalue weighted by Crippen LogP contribution is -2.65. The normalized spacial score (nSPS) is 35.7. The molecule has 5 aliphatic rings. The summed E-state index contributed by atoms with van der Waals surface area (Å²) in [7, 11) is 0. The van der Waals surface area contributed by atoms with Crippen LogP contribution in [0.2, 0.25) is 0 Å². The van der Waals surface area contributed by atoms with Crippen LogP contribution in [0, 0.1) is 54.9 Å². The van der Waals surface area contributed by atoms with Gasteiger partial charge in [0.2, 0.25) is 0 Å². The topological polar surface area (TPSA) is 131 Å². The third-order valence-corrected chi connectivity index (χ3v) is 15.9. The number of fused-ring (bicyclic) bond motifs is 8. The first-order valence-corrected chi connectivity index (χ1v) is 20.7. The van der Waals surface area contributed by atoms with Crippen molar-refractivity contribution in [1.82, 2.24) is 9.97 Å². The summed E-state index contributed by atoms with van der Waals surface area (Å²) in [4.78, 5) is 52.2. The molecule has 0 bridgehead atoms. The molecule has 3 fully saturated rings. The second-order valence-corrected chi connectivity index (χ2v) is 19.4. The third-order valence-electron chi connectivity index (χ3n) is 15.9. The Kier molecular flexibility index (Phi) is 10.5. The molecule has 0 aliphatic heterocycles. The average molecular weight is 756 g/mol. The number of carbonyl (C=O) groups excluding carboxylic acids is 2. The number of ether oxygens (including phenoxy) is 2. The summed E-state index contributed by atoms with van der Waals surface area (Å²) < 4.78 is 12.3. The number of hydrogen-bond donors (Lipinski definition) is 0. The molecule has 1 aromatic carbocycles. The SMILES string of the molecule is CC1(C)CC[C@]2(C(=O)OCc3ccccc3)CC[C@]3(C)C(=CC[C@@H]4[C@@]5(C)Cc6nccnc6[C@@](C)(COC(=O)CCCCCO[N+](=O)[O-])[C@@H]5CC[C@]43C)[C@@H]2C1. The van der Waals surface area contributed by atoms with Crippen LogP contribution in [0.3, 0.4) is 0 Å². The first-order valence-electron chi connectivity index (χ1n) is 20.7. The van der Waals surface area contributed by atoms with Gasteiger partial charge in [0.1, 0.15) is 13.2 Å². The largest absolute Gasteiger partial charge is 0.465 e. The number of hydrogen-bond acceptors (Lipinski definition) is 9. The van der Waals surface area contributed by atoms with Gasteiger partial charge in [0.05, 0.1) is 23.4 Å². The standard InChI is InChI=1S/C45H61N3O7/c1-40(2)20-22-45(39(50)53-29-31-13-9-7-10-14-31)23-21-43(5)32(33(45)27-40)16-17-36-41(3)28-34-38(47-25-24-46-34)42(4,35(41)18-19-44(36,43)6)30-54-37(49)15-11-8-12-26-55-48(51)52/h7,9-10,13-14,16,24-25,33,35-36H,8,11-12,15,17-23,26-30H2,1-6H3/t33-,35+,36+,41-,42-,43+,44+,45-/m0/s1. The molecule has 1 aromatic heterocycles. The minimum absolute atomic E-state index is 0.000246. The number of benzene rings is 1. The minimum Gasteiger partial charge on any atom is -0.465 e. The lowest BCUT2D eigenvalue weighted by Gasteiger charge is -2.70. The molecule has 55 heavy (non-hydrogen) atoms. The summed E-state index contributed by atoms with van der Waals surface area (Å²) in [6, 6.07) is 10.0. The van der Waals surface area contributed by atoms with E-state index in [4.69, 9.17) is 19.4 Å². The van der Waals surface area contributed by atoms with Crippen LogP contribution < -0.4 is 0 Å². The highest BCUT2D eigenvalue weighted by Crippen LogP contribution is 2.75. The van der Waals surface area contributed by atoms with Gasteiger partial charge < -0.3 is 14.3 Å². The number of esters is 2. The van der Waals surface area contributed by atoms with Gasteiger partial charge in [-0.1, -0.05) is 89.9 Å². The van der Waals surface area contributed by atoms with E-state index in [1.165, 1.54) is 5.57 Å². The van der Waals surface area contributed by atoms with Gasteiger partial charge in [-0.3, -0.25) is 19.6 Å². The highest BCUT2D eigenvalue weighted by molar-refractivity contribution is 5.79. The van der Waals surface area contributed by atoms with Crippen LogP contribution in [0.25, 0.3) is 0 Å². The molecule has 10 nitrogen and oxygen atoms in total. The third kappa shape index (κ3) is 6.77. The molecule has 1 heterocycles. The summed E-state index contributed by atoms with van der Waals surface area (Å²) in [6.45, 7) is 15.1. The molecule has 0 radical (unpaired) electrons. The van der Waals surface area contributed by atoms with E-state index >= 15 is 0 Å². The Morgan fingerprint density at radius 2 is 1.64 bits per heavy atom. The van der Waals surface area contributed by atoms with Crippen molar-refractivity contribution in [2.45, 2.75) is 137 Å². The molecular formula is C45H61N3O7. The Hall–Kier alpha value is -3.82. The van der Waals surface area contributed by atoms with Gasteiger partial charge in [0.25, 0.3) is 5.09 Å². The van der Waals surface area contributed by atoms with Crippen LogP contribution in [0.4, 0.5) is 0 Å². The molecule has 298 valence electrons. The van der Waals surface area contributed by atoms with Crippen LogP contribution >= 0.6 is 0 Å². The molecule has 10 heteroatoms. The maximum Gasteiger partial charge on any atom is 0.313 e. The second-order valence-electron chi connectivity index (χ2n) is 19.4. The van der Waals surface area contributed by atoms with E-state index < -0.39 is 15.9 Å². The molecule has 2 aromatic rings. The van der Waals surface area contributed by atoms with E-state index in [9.17, 15) is 19.7 Å². The lowest BCUT2D eigenvalue weighted by atomic mass is 9.33. The molecule has 0 amide bonds. The minimum atomic E-state index is -0.784. The smallest absolute Gasteiger partial charge is 0.313 e. The van der Waals surface area contributed by atoms with Crippen LogP contribution in [0.15, 0.2) is 54.4 Å². The highest BCUT2D eigenvalue weighted by Gasteiger charge is 2.70. The zero-order chi connectivity index (χ0) is 39.3. The van der Waals surface area contributed by atoms with Crippen LogP contribution in [0.1, 0.15) is 136 Å². The van der Waals surface area contributed by atoms with Crippen molar-refractivity contribution in [3.63, 3.8) is 0 Å². The second kappa shape index (κ2) is 14.6. The summed E-state index contributed by atoms with van der Waals surface area (Å²) in [5, 5.41) is 9.65. The zero-order valence-electron chi connectivity index (χ0n) is 33.9. The number of nitrogens with zero attached hydrogens (tertiary/aromatic N) is 3. The number of unbranched alkanes of at least 4 members (excludes halogenated alkanes) is 2. The average Bonchev–Trinajstić information content (AvgIpc) is 3.14. The van der Waals surface area contributed by atoms with E-state index in [1.807, 2.05) is 30.3 Å². The van der Waals surface area contributed by atoms with Crippen molar-refractivity contribution in [1.29, 1.82) is 0 Å². The zero-order valence-corrected chi connectivity index (χ0v) is 33.9. The quantitative estimate of drug-likeness (QED) is 0.0684. The van der Waals surface area contributed by atoms with Crippen molar-refractivity contribution in [2.75, 3.05) is 13.2 Å². The van der Waals surface area contributed by atoms with Crippen molar-refractivity contribution >= 4 is 11.9 Å². The van der Waals surface area contributed by atoms with Gasteiger partial charge in [0, 0.05) is 24.2 Å². The fourth-order valence-electron chi connectivity index (χ4n) is 12.8. The number of allylic oxidation sites excluding steroid dienone is 2. The fourth-order valence-corrected chi connectivity index (χ4v) is 12.8. The van der Waals surface area contributed by atoms with Crippen molar-refractivity contribution in [3.8, 4) is 0 Å². The maximum absolute atomic E-state index is 14.4. The Morgan fingerprint density at radius 1 is 0.891 bits per heavy atom. The number of aromatic nitrogens is 2. The van der Waals surface area contributed by atoms with Gasteiger partial charge in [-0.15, -0.1) is 10.1 Å². The van der Waals surface area contributed by atoms with Crippen molar-refractivity contribution < 1.29 is 29.0 Å². The molecule has 0 saturated heterocycles. The summed E-state index contributed by atoms with van der Waals surface area (Å²) >= 11 is 0. The maximum atomic E-state index is 14.4. The Bertz CT molecular complexity index is 1810. The van der Waals surface area contributed by atoms with Gasteiger partial charge in [-0.25, -0.2) is 0 Å². The summed E-state index contributed by atoms with van der Waals surface area (Å²) in [5.41, 5.74) is 3.44. The number of rotatable bonds is 12. The van der Waals surface area contributed by atoms with Gasteiger partial charge >= 0.3 is 11.9 Å².